The molecule has 60 atom stereocenters. The molecular weight excluding hydrogens is 935 g/mol. The van der Waals surface area contributed by atoms with Gasteiger partial charge in [-0.2, -0.15) is 0 Å². The second kappa shape index (κ2) is 9.71. The summed E-state index contributed by atoms with van der Waals surface area (Å²) in [6.45, 7) is 6.79. The molecule has 1 heterocycles. The Kier molecular flexibility index (Phi) is 4.63. The minimum atomic E-state index is 0.552. The Balaban J connectivity index is 0.780. The molecule has 1 saturated heterocycles. The zero-order chi connectivity index (χ0) is 46.2. The van der Waals surface area contributed by atoms with Crippen LogP contribution in [0.25, 0.3) is 0 Å². The molecule has 0 bridgehead atoms. The van der Waals surface area contributed by atoms with Gasteiger partial charge >= 0.3 is 0 Å². The zero-order valence-electron chi connectivity index (χ0n) is 44.8. The van der Waals surface area contributed by atoms with Crippen molar-refractivity contribution in [2.45, 2.75) is 25.0 Å². The monoisotopic (exact) mass is 1010 g/mol. The molecule has 1 aliphatic heterocycles. The van der Waals surface area contributed by atoms with Gasteiger partial charge < -0.3 is 9.47 Å². The van der Waals surface area contributed by atoms with Gasteiger partial charge in [-0.25, -0.2) is 0 Å². The highest BCUT2D eigenvalue weighted by atomic mass is 16.5. The average molecular weight is 1010 g/mol. The lowest BCUT2D eigenvalue weighted by Gasteiger charge is -2.74. The van der Waals surface area contributed by atoms with Crippen LogP contribution in [0.1, 0.15) is 18.4 Å². The molecule has 33 aliphatic rings. The zero-order valence-corrected chi connectivity index (χ0v) is 44.8. The van der Waals surface area contributed by atoms with E-state index in [1.807, 2.05) is 0 Å². The third-order valence-corrected chi connectivity index (χ3v) is 44.0. The van der Waals surface area contributed by atoms with Crippen molar-refractivity contribution >= 4 is 0 Å². The van der Waals surface area contributed by atoms with E-state index in [-0.39, 0.29) is 0 Å². The van der Waals surface area contributed by atoms with E-state index in [4.69, 9.17) is 9.47 Å². The standard InChI is InChI=1S/C74H79NO2/c1-2-5-14(6-3-1)13-77-10-4-7-73-67-59-50-43-30-23-17-18-20-16-15-19(17)28(30)34-32-21(15)25-22(16)33-35-29(20)31-24(18)27-26(23)37-45-38(27)47-44(31)51-49(35)53-40(33)42-36(25)41-39(32)52(48(34)50)63(67)65-54(41)55(42)66-64(53)68-60(51)57(47)62-58(45)61(56(59)46(37)43)69(73)71(62)74(68,72(66)70(65)73)75-8-11-76-12-9-75/h1-3,5-6,15-72H,4,7-13H2. The van der Waals surface area contributed by atoms with Gasteiger partial charge in [0.15, 0.2) is 0 Å². The Bertz CT molecular complexity index is 3250. The molecule has 32 saturated carbocycles. The molecule has 77 heavy (non-hydrogen) atoms. The van der Waals surface area contributed by atoms with E-state index in [9.17, 15) is 0 Å². The molecule has 34 rings (SSSR count). The van der Waals surface area contributed by atoms with Crippen molar-refractivity contribution in [3.63, 3.8) is 0 Å². The van der Waals surface area contributed by atoms with Crippen LogP contribution in [0, 0.1) is 349 Å². The third kappa shape index (κ3) is 2.48. The first-order valence-corrected chi connectivity index (χ1v) is 36.4. The maximum absolute atomic E-state index is 7.13. The van der Waals surface area contributed by atoms with Crippen LogP contribution in [0.4, 0.5) is 0 Å². The number of ether oxygens (including phenoxy) is 2. The highest BCUT2D eigenvalue weighted by Crippen LogP contribution is 3.07. The molecule has 1 aromatic carbocycles. The summed E-state index contributed by atoms with van der Waals surface area (Å²) in [5, 5.41) is 0. The smallest absolute Gasteiger partial charge is 0.0716 e. The van der Waals surface area contributed by atoms with Crippen LogP contribution in [-0.2, 0) is 16.1 Å². The molecule has 32 aliphatic carbocycles. The molecule has 392 valence electrons. The number of nitrogens with zero attached hydrogens (tertiary/aromatic N) is 1. The van der Waals surface area contributed by atoms with Gasteiger partial charge in [0.05, 0.1) is 19.8 Å². The SMILES string of the molecule is c1ccc(COCCCC23C4C5C6C7C8C9C%10C%11C%12C%13C%14C%10C%10C%15C9C9C7C5C5C7C9C%15C9C%15C%10C%14C%10C%14C%13C%13C%12C%12C(C%118)C6C6C%12C8C%13C%11C%14C%12C%10C%15C%10C9C7C(C52)C2(N5CCOCC5)C%10C%12C5C%11C8C(C64)C3C52)cc1. The normalized spacial score (nSPS) is 90.1. The summed E-state index contributed by atoms with van der Waals surface area (Å²) >= 11 is 0. The lowest BCUT2D eigenvalue weighted by Crippen LogP contribution is -2.77. The number of benzene rings is 1. The first-order chi connectivity index (χ1) is 38.4. The maximum Gasteiger partial charge on any atom is 0.0716 e. The lowest BCUT2D eigenvalue weighted by molar-refractivity contribution is -0.269. The Labute approximate surface area is 454 Å². The van der Waals surface area contributed by atoms with E-state index in [2.05, 4.69) is 35.2 Å². The summed E-state index contributed by atoms with van der Waals surface area (Å²) in [7, 11) is 0. The summed E-state index contributed by atoms with van der Waals surface area (Å²) < 4.78 is 13.9. The molecule has 60 unspecified atom stereocenters. The van der Waals surface area contributed by atoms with Crippen LogP contribution in [0.3, 0.4) is 0 Å². The van der Waals surface area contributed by atoms with Crippen LogP contribution in [0.15, 0.2) is 30.3 Å². The second-order valence-electron chi connectivity index (χ2n) is 39.4. The van der Waals surface area contributed by atoms with E-state index < -0.39 is 0 Å². The summed E-state index contributed by atoms with van der Waals surface area (Å²) in [5.74, 6) is 70.9. The minimum absolute atomic E-state index is 0.552. The largest absolute Gasteiger partial charge is 0.379 e. The van der Waals surface area contributed by atoms with Crippen molar-refractivity contribution in [2.75, 3.05) is 32.9 Å². The Morgan fingerprint density at radius 3 is 0.987 bits per heavy atom. The summed E-state index contributed by atoms with van der Waals surface area (Å²) in [6.07, 6.45) is 3.08. The van der Waals surface area contributed by atoms with Gasteiger partial charge in [0.2, 0.25) is 0 Å². The summed E-state index contributed by atoms with van der Waals surface area (Å²) in [6, 6.07) is 11.5. The fourth-order valence-corrected chi connectivity index (χ4v) is 49.8. The summed E-state index contributed by atoms with van der Waals surface area (Å²) in [5.41, 5.74) is 2.63. The van der Waals surface area contributed by atoms with Gasteiger partial charge in [0, 0.05) is 25.2 Å². The third-order valence-electron chi connectivity index (χ3n) is 44.0. The number of rotatable bonds is 7. The lowest BCUT2D eigenvalue weighted by atomic mass is 9.33. The molecule has 0 spiro atoms. The first kappa shape index (κ1) is 36.7. The van der Waals surface area contributed by atoms with Gasteiger partial charge in [-0.05, 0) is 367 Å². The molecule has 0 radical (unpaired) electrons. The number of hydrogen-bond donors (Lipinski definition) is 0. The molecule has 0 amide bonds. The predicted molar refractivity (Wildman–Crippen MR) is 275 cm³/mol. The molecule has 33 fully saturated rings. The summed E-state index contributed by atoms with van der Waals surface area (Å²) in [4.78, 5) is 3.68. The Morgan fingerprint density at radius 2 is 0.597 bits per heavy atom. The van der Waals surface area contributed by atoms with Crippen molar-refractivity contribution < 1.29 is 9.47 Å². The molecule has 1 aromatic rings. The van der Waals surface area contributed by atoms with Crippen molar-refractivity contribution in [1.29, 1.82) is 0 Å². The predicted octanol–water partition coefficient (Wildman–Crippen LogP) is 9.20. The molecule has 3 nitrogen and oxygen atoms in total. The molecule has 0 aromatic heterocycles. The Morgan fingerprint density at radius 1 is 0.325 bits per heavy atom. The number of morpholine rings is 1. The van der Waals surface area contributed by atoms with E-state index in [1.54, 1.807) is 6.42 Å². The van der Waals surface area contributed by atoms with Crippen LogP contribution >= 0.6 is 0 Å². The fraction of sp³-hybridized carbons (Fsp3) is 0.919. The van der Waals surface area contributed by atoms with Crippen molar-refractivity contribution in [1.82, 2.24) is 4.90 Å². The molecular formula is C74H79NO2. The van der Waals surface area contributed by atoms with Crippen LogP contribution in [-0.4, -0.2) is 43.3 Å². The Hall–Kier alpha value is -0.900. The van der Waals surface area contributed by atoms with Gasteiger partial charge in [0.1, 0.15) is 0 Å². The highest BCUT2D eigenvalue weighted by Gasteiger charge is 3.05. The average Bonchev–Trinajstić information content (AvgIpc) is 2.15. The first-order valence-electron chi connectivity index (χ1n) is 36.4. The van der Waals surface area contributed by atoms with Crippen LogP contribution < -0.4 is 0 Å². The fourth-order valence-electron chi connectivity index (χ4n) is 49.8. The minimum Gasteiger partial charge on any atom is -0.379 e. The van der Waals surface area contributed by atoms with E-state index in [1.165, 1.54) is 321 Å². The van der Waals surface area contributed by atoms with Crippen LogP contribution in [0.2, 0.25) is 0 Å². The number of hydrogen-bond acceptors (Lipinski definition) is 3. The maximum atomic E-state index is 7.13. The van der Waals surface area contributed by atoms with Crippen LogP contribution in [0.5, 0.6) is 0 Å². The van der Waals surface area contributed by atoms with E-state index in [0.717, 1.165) is 73.8 Å². The van der Waals surface area contributed by atoms with Crippen molar-refractivity contribution in [3.8, 4) is 0 Å². The topological polar surface area (TPSA) is 21.7 Å². The van der Waals surface area contributed by atoms with E-state index >= 15 is 0 Å². The highest BCUT2D eigenvalue weighted by molar-refractivity contribution is 5.52. The molecule has 3 heteroatoms. The van der Waals surface area contributed by atoms with E-state index in [0.29, 0.717) is 11.0 Å². The van der Waals surface area contributed by atoms with Gasteiger partial charge in [-0.15, -0.1) is 0 Å². The molecule has 0 N–H and O–H groups in total. The van der Waals surface area contributed by atoms with Gasteiger partial charge in [-0.1, -0.05) is 30.3 Å². The van der Waals surface area contributed by atoms with Crippen molar-refractivity contribution in [3.05, 3.63) is 35.9 Å². The second-order valence-corrected chi connectivity index (χ2v) is 39.4. The van der Waals surface area contributed by atoms with Crippen molar-refractivity contribution in [2.24, 2.45) is 349 Å². The van der Waals surface area contributed by atoms with Gasteiger partial charge in [0.25, 0.3) is 0 Å². The quantitative estimate of drug-likeness (QED) is 0.255. The van der Waals surface area contributed by atoms with Gasteiger partial charge in [-0.3, -0.25) is 4.90 Å².